The molecule has 0 saturated heterocycles. The highest BCUT2D eigenvalue weighted by atomic mass is 79.9. The number of benzene rings is 2. The van der Waals surface area contributed by atoms with Crippen LogP contribution >= 0.6 is 15.9 Å². The molecule has 2 aromatic rings. The maximum Gasteiger partial charge on any atom is 0.243 e. The van der Waals surface area contributed by atoms with Crippen LogP contribution in [0.1, 0.15) is 11.1 Å². The minimum Gasteiger partial charge on any atom is -0.398 e. The third-order valence-corrected chi connectivity index (χ3v) is 4.98. The SMILES string of the molecule is Cc1cccc(N)c1S(=O)(=O)NCc1cccc(Br)c1. The average molecular weight is 355 g/mol. The Morgan fingerprint density at radius 3 is 2.55 bits per heavy atom. The largest absolute Gasteiger partial charge is 0.398 e. The highest BCUT2D eigenvalue weighted by Gasteiger charge is 2.19. The van der Waals surface area contributed by atoms with Crippen LogP contribution in [0.3, 0.4) is 0 Å². The summed E-state index contributed by atoms with van der Waals surface area (Å²) in [6.07, 6.45) is 0. The van der Waals surface area contributed by atoms with Crippen molar-refractivity contribution in [2.45, 2.75) is 18.4 Å². The number of halogens is 1. The first kappa shape index (κ1) is 15.0. The van der Waals surface area contributed by atoms with E-state index in [4.69, 9.17) is 5.73 Å². The Bertz CT molecular complexity index is 709. The van der Waals surface area contributed by atoms with Gasteiger partial charge in [-0.15, -0.1) is 0 Å². The van der Waals surface area contributed by atoms with Gasteiger partial charge in [-0.3, -0.25) is 0 Å². The number of sulfonamides is 1. The Kier molecular flexibility index (Phi) is 4.47. The topological polar surface area (TPSA) is 72.2 Å². The molecule has 2 rings (SSSR count). The third-order valence-electron chi connectivity index (χ3n) is 2.87. The van der Waals surface area contributed by atoms with Gasteiger partial charge in [0.2, 0.25) is 10.0 Å². The summed E-state index contributed by atoms with van der Waals surface area (Å²) in [4.78, 5) is 0.148. The first-order valence-corrected chi connectivity index (χ1v) is 8.27. The maximum atomic E-state index is 12.3. The van der Waals surface area contributed by atoms with Crippen LogP contribution in [0.5, 0.6) is 0 Å². The summed E-state index contributed by atoms with van der Waals surface area (Å²) in [6, 6.07) is 12.5. The van der Waals surface area contributed by atoms with Gasteiger partial charge in [-0.1, -0.05) is 40.2 Å². The molecular weight excluding hydrogens is 340 g/mol. The van der Waals surface area contributed by atoms with Gasteiger partial charge in [0.25, 0.3) is 0 Å². The van der Waals surface area contributed by atoms with Crippen molar-refractivity contribution in [1.29, 1.82) is 0 Å². The van der Waals surface area contributed by atoms with Gasteiger partial charge in [-0.25, -0.2) is 13.1 Å². The Hall–Kier alpha value is -1.37. The Morgan fingerprint density at radius 2 is 1.90 bits per heavy atom. The van der Waals surface area contributed by atoms with Crippen LogP contribution in [0.2, 0.25) is 0 Å². The predicted molar refractivity (Wildman–Crippen MR) is 83.8 cm³/mol. The molecule has 4 nitrogen and oxygen atoms in total. The highest BCUT2D eigenvalue weighted by molar-refractivity contribution is 9.10. The molecule has 20 heavy (non-hydrogen) atoms. The van der Waals surface area contributed by atoms with Gasteiger partial charge in [0.05, 0.1) is 5.69 Å². The number of aryl methyl sites for hydroxylation is 1. The molecule has 0 heterocycles. The second-order valence-corrected chi connectivity index (χ2v) is 7.07. The maximum absolute atomic E-state index is 12.3. The highest BCUT2D eigenvalue weighted by Crippen LogP contribution is 2.22. The first-order chi connectivity index (χ1) is 9.40. The van der Waals surface area contributed by atoms with E-state index in [1.54, 1.807) is 25.1 Å². The lowest BCUT2D eigenvalue weighted by Crippen LogP contribution is -2.25. The summed E-state index contributed by atoms with van der Waals surface area (Å²) < 4.78 is 28.1. The molecular formula is C14H15BrN2O2S. The molecule has 0 fully saturated rings. The van der Waals surface area contributed by atoms with Gasteiger partial charge >= 0.3 is 0 Å². The van der Waals surface area contributed by atoms with Crippen molar-refractivity contribution in [1.82, 2.24) is 4.72 Å². The fraction of sp³-hybridized carbons (Fsp3) is 0.143. The fourth-order valence-corrected chi connectivity index (χ4v) is 3.76. The van der Waals surface area contributed by atoms with Gasteiger partial charge in [-0.2, -0.15) is 0 Å². The smallest absolute Gasteiger partial charge is 0.243 e. The van der Waals surface area contributed by atoms with E-state index < -0.39 is 10.0 Å². The number of anilines is 1. The van der Waals surface area contributed by atoms with Crippen molar-refractivity contribution in [3.8, 4) is 0 Å². The molecule has 0 saturated carbocycles. The second-order valence-electron chi connectivity index (χ2n) is 4.45. The lowest BCUT2D eigenvalue weighted by Gasteiger charge is -2.11. The molecule has 2 aromatic carbocycles. The Labute approximate surface area is 127 Å². The van der Waals surface area contributed by atoms with E-state index in [0.29, 0.717) is 5.56 Å². The van der Waals surface area contributed by atoms with E-state index in [-0.39, 0.29) is 17.1 Å². The molecule has 0 aromatic heterocycles. The van der Waals surface area contributed by atoms with Gasteiger partial charge in [0, 0.05) is 11.0 Å². The number of nitrogens with two attached hydrogens (primary N) is 1. The van der Waals surface area contributed by atoms with Crippen LogP contribution < -0.4 is 10.5 Å². The minimum absolute atomic E-state index is 0.148. The summed E-state index contributed by atoms with van der Waals surface area (Å²) in [6.45, 7) is 1.94. The summed E-state index contributed by atoms with van der Waals surface area (Å²) in [7, 11) is -3.62. The summed E-state index contributed by atoms with van der Waals surface area (Å²) >= 11 is 3.35. The third kappa shape index (κ3) is 3.39. The van der Waals surface area contributed by atoms with Crippen molar-refractivity contribution in [2.75, 3.05) is 5.73 Å². The lowest BCUT2D eigenvalue weighted by atomic mass is 10.2. The van der Waals surface area contributed by atoms with E-state index in [9.17, 15) is 8.42 Å². The van der Waals surface area contributed by atoms with Crippen LogP contribution in [-0.4, -0.2) is 8.42 Å². The standard InChI is InChI=1S/C14H15BrN2O2S/c1-10-4-2-7-13(16)14(10)20(18,19)17-9-11-5-3-6-12(15)8-11/h2-8,17H,9,16H2,1H3. The Morgan fingerprint density at radius 1 is 1.20 bits per heavy atom. The normalized spacial score (nSPS) is 11.5. The molecule has 0 amide bonds. The first-order valence-electron chi connectivity index (χ1n) is 5.99. The molecule has 0 radical (unpaired) electrons. The summed E-state index contributed by atoms with van der Waals surface area (Å²) in [5.41, 5.74) is 7.53. The number of rotatable bonds is 4. The zero-order valence-electron chi connectivity index (χ0n) is 10.9. The monoisotopic (exact) mass is 354 g/mol. The second kappa shape index (κ2) is 5.95. The van der Waals surface area contributed by atoms with E-state index in [2.05, 4.69) is 20.7 Å². The average Bonchev–Trinajstić information content (AvgIpc) is 2.36. The fourth-order valence-electron chi connectivity index (χ4n) is 1.94. The van der Waals surface area contributed by atoms with Crippen LogP contribution in [0.4, 0.5) is 5.69 Å². The van der Waals surface area contributed by atoms with Crippen molar-refractivity contribution in [2.24, 2.45) is 0 Å². The molecule has 0 bridgehead atoms. The zero-order valence-corrected chi connectivity index (χ0v) is 13.3. The number of hydrogen-bond donors (Lipinski definition) is 2. The number of nitrogens with one attached hydrogen (secondary N) is 1. The molecule has 0 aliphatic heterocycles. The van der Waals surface area contributed by atoms with Crippen molar-refractivity contribution < 1.29 is 8.42 Å². The number of nitrogen functional groups attached to an aromatic ring is 1. The van der Waals surface area contributed by atoms with Gasteiger partial charge < -0.3 is 5.73 Å². The Balaban J connectivity index is 2.24. The van der Waals surface area contributed by atoms with Crippen molar-refractivity contribution >= 4 is 31.6 Å². The van der Waals surface area contributed by atoms with Crippen molar-refractivity contribution in [3.63, 3.8) is 0 Å². The zero-order chi connectivity index (χ0) is 14.8. The summed E-state index contributed by atoms with van der Waals surface area (Å²) in [5.74, 6) is 0. The van der Waals surface area contributed by atoms with Gasteiger partial charge in [-0.05, 0) is 36.2 Å². The molecule has 0 spiro atoms. The molecule has 3 N–H and O–H groups in total. The van der Waals surface area contributed by atoms with Crippen molar-refractivity contribution in [3.05, 3.63) is 58.1 Å². The molecule has 106 valence electrons. The quantitative estimate of drug-likeness (QED) is 0.829. The molecule has 0 atom stereocenters. The van der Waals surface area contributed by atoms with E-state index >= 15 is 0 Å². The predicted octanol–water partition coefficient (Wildman–Crippen LogP) is 2.82. The minimum atomic E-state index is -3.62. The van der Waals surface area contributed by atoms with Gasteiger partial charge in [0.1, 0.15) is 4.90 Å². The van der Waals surface area contributed by atoms with Gasteiger partial charge in [0.15, 0.2) is 0 Å². The van der Waals surface area contributed by atoms with Crippen LogP contribution in [0, 0.1) is 6.92 Å². The van der Waals surface area contributed by atoms with Crippen LogP contribution in [-0.2, 0) is 16.6 Å². The summed E-state index contributed by atoms with van der Waals surface area (Å²) in [5, 5.41) is 0. The molecule has 0 aliphatic rings. The van der Waals surface area contributed by atoms with Crippen LogP contribution in [0.15, 0.2) is 51.8 Å². The number of hydrogen-bond acceptors (Lipinski definition) is 3. The van der Waals surface area contributed by atoms with E-state index in [1.165, 1.54) is 0 Å². The van der Waals surface area contributed by atoms with E-state index in [0.717, 1.165) is 10.0 Å². The lowest BCUT2D eigenvalue weighted by molar-refractivity contribution is 0.581. The van der Waals surface area contributed by atoms with Crippen LogP contribution in [0.25, 0.3) is 0 Å². The molecule has 0 aliphatic carbocycles. The molecule has 6 heteroatoms. The van der Waals surface area contributed by atoms with E-state index in [1.807, 2.05) is 24.3 Å². The molecule has 0 unspecified atom stereocenters.